The van der Waals surface area contributed by atoms with Gasteiger partial charge in [-0.05, 0) is 28.7 Å². The Hall–Kier alpha value is -0.715. The van der Waals surface area contributed by atoms with Gasteiger partial charge >= 0.3 is 0 Å². The Morgan fingerprint density at radius 1 is 0.941 bits per heavy atom. The van der Waals surface area contributed by atoms with Crippen molar-refractivity contribution in [2.45, 2.75) is 53.9 Å². The molecule has 1 heteroatoms. The van der Waals surface area contributed by atoms with Gasteiger partial charge in [0.2, 0.25) is 0 Å². The van der Waals surface area contributed by atoms with E-state index in [2.05, 4.69) is 73.7 Å². The first-order chi connectivity index (χ1) is 7.59. The van der Waals surface area contributed by atoms with Gasteiger partial charge in [-0.3, -0.25) is 0 Å². The first-order valence-corrected chi connectivity index (χ1v) is 6.66. The quantitative estimate of drug-likeness (QED) is 0.682. The Kier molecular flexibility index (Phi) is 4.12. The smallest absolute Gasteiger partial charge is 0.0889 e. The van der Waals surface area contributed by atoms with Crippen molar-refractivity contribution >= 4 is 13.3 Å². The predicted octanol–water partition coefficient (Wildman–Crippen LogP) is 3.51. The average molecular weight is 230 g/mol. The summed E-state index contributed by atoms with van der Waals surface area (Å²) in [6.45, 7) is 14.1. The molecule has 1 aromatic rings. The molecule has 0 aliphatic rings. The Labute approximate surface area is 108 Å². The molecule has 0 amide bonds. The van der Waals surface area contributed by atoms with E-state index in [1.165, 1.54) is 17.4 Å². The summed E-state index contributed by atoms with van der Waals surface area (Å²) in [7, 11) is 2.15. The highest BCUT2D eigenvalue weighted by molar-refractivity contribution is 6.32. The molecule has 1 atom stereocenters. The summed E-state index contributed by atoms with van der Waals surface area (Å²) < 4.78 is 0. The molecule has 0 nitrogen and oxygen atoms in total. The normalized spacial score (nSPS) is 14.7. The summed E-state index contributed by atoms with van der Waals surface area (Å²) in [5, 5.41) is 0. The monoisotopic (exact) mass is 230 g/mol. The summed E-state index contributed by atoms with van der Waals surface area (Å²) in [6, 6.07) is 9.07. The molecule has 17 heavy (non-hydrogen) atoms. The molecule has 0 saturated carbocycles. The predicted molar refractivity (Wildman–Crippen MR) is 80.9 cm³/mol. The zero-order chi connectivity index (χ0) is 13.3. The zero-order valence-electron chi connectivity index (χ0n) is 12.6. The molecule has 0 fully saturated rings. The minimum atomic E-state index is 0.322. The maximum Gasteiger partial charge on any atom is 0.139 e. The van der Waals surface area contributed by atoms with Crippen molar-refractivity contribution in [3.8, 4) is 0 Å². The van der Waals surface area contributed by atoms with Crippen molar-refractivity contribution in [2.24, 2.45) is 10.8 Å². The van der Waals surface area contributed by atoms with E-state index in [0.717, 1.165) is 0 Å². The van der Waals surface area contributed by atoms with Gasteiger partial charge in [0, 0.05) is 0 Å². The molecule has 1 unspecified atom stereocenters. The molecular weight excluding hydrogens is 203 g/mol. The minimum absolute atomic E-state index is 0.322. The summed E-state index contributed by atoms with van der Waals surface area (Å²) in [6.07, 6.45) is 1.24. The lowest BCUT2D eigenvalue weighted by Crippen LogP contribution is -2.24. The maximum atomic E-state index is 2.35. The maximum absolute atomic E-state index is 2.35. The highest BCUT2D eigenvalue weighted by Crippen LogP contribution is 2.42. The fourth-order valence-electron chi connectivity index (χ4n) is 2.34. The van der Waals surface area contributed by atoms with E-state index < -0.39 is 0 Å². The fraction of sp³-hybridized carbons (Fsp3) is 0.625. The first-order valence-electron chi connectivity index (χ1n) is 6.66. The van der Waals surface area contributed by atoms with Gasteiger partial charge in [0.25, 0.3) is 0 Å². The van der Waals surface area contributed by atoms with Gasteiger partial charge in [-0.15, -0.1) is 0 Å². The number of hydrogen-bond donors (Lipinski definition) is 0. The van der Waals surface area contributed by atoms with Crippen LogP contribution >= 0.6 is 0 Å². The van der Waals surface area contributed by atoms with Crippen molar-refractivity contribution in [3.05, 3.63) is 29.8 Å². The molecule has 1 rings (SSSR count). The second-order valence-electron chi connectivity index (χ2n) is 7.59. The molecule has 0 heterocycles. The molecule has 0 aliphatic heterocycles. The lowest BCUT2D eigenvalue weighted by Gasteiger charge is -2.36. The molecule has 0 N–H and O–H groups in total. The van der Waals surface area contributed by atoms with Crippen LogP contribution in [0.2, 0.25) is 0 Å². The Morgan fingerprint density at radius 3 is 1.76 bits per heavy atom. The number of benzene rings is 1. The van der Waals surface area contributed by atoms with Gasteiger partial charge in [-0.2, -0.15) is 0 Å². The van der Waals surface area contributed by atoms with Crippen LogP contribution in [0.1, 0.15) is 59.4 Å². The van der Waals surface area contributed by atoms with Crippen molar-refractivity contribution < 1.29 is 0 Å². The van der Waals surface area contributed by atoms with Crippen LogP contribution in [0.5, 0.6) is 0 Å². The average Bonchev–Trinajstić information content (AvgIpc) is 2.13. The van der Waals surface area contributed by atoms with Crippen molar-refractivity contribution in [2.75, 3.05) is 0 Å². The van der Waals surface area contributed by atoms with E-state index in [0.29, 0.717) is 16.7 Å². The van der Waals surface area contributed by atoms with E-state index in [4.69, 9.17) is 0 Å². The molecule has 0 saturated heterocycles. The third kappa shape index (κ3) is 4.57. The van der Waals surface area contributed by atoms with Crippen molar-refractivity contribution in [1.29, 1.82) is 0 Å². The van der Waals surface area contributed by atoms with E-state index in [1.807, 2.05) is 0 Å². The third-order valence-electron chi connectivity index (χ3n) is 3.34. The highest BCUT2D eigenvalue weighted by Gasteiger charge is 2.30. The second kappa shape index (κ2) is 4.88. The van der Waals surface area contributed by atoms with E-state index in [1.54, 1.807) is 0 Å². The molecule has 0 bridgehead atoms. The molecule has 94 valence electrons. The third-order valence-corrected chi connectivity index (χ3v) is 3.34. The molecule has 0 spiro atoms. The number of hydrogen-bond acceptors (Lipinski definition) is 0. The zero-order valence-corrected chi connectivity index (χ0v) is 12.6. The Balaban J connectivity index is 3.03. The van der Waals surface area contributed by atoms with E-state index in [9.17, 15) is 0 Å². The Morgan fingerprint density at radius 2 is 1.41 bits per heavy atom. The second-order valence-corrected chi connectivity index (χ2v) is 7.59. The van der Waals surface area contributed by atoms with Crippen LogP contribution in [-0.4, -0.2) is 7.85 Å². The van der Waals surface area contributed by atoms with Gasteiger partial charge in [-0.25, -0.2) is 0 Å². The SMILES string of the molecule is Bc1ccc(C(CC(C)(C)C)C(C)(C)C)cc1. The van der Waals surface area contributed by atoms with E-state index >= 15 is 0 Å². The minimum Gasteiger partial charge on any atom is -0.0889 e. The summed E-state index contributed by atoms with van der Waals surface area (Å²) in [5.41, 5.74) is 3.53. The summed E-state index contributed by atoms with van der Waals surface area (Å²) >= 11 is 0. The summed E-state index contributed by atoms with van der Waals surface area (Å²) in [4.78, 5) is 0. The van der Waals surface area contributed by atoms with Gasteiger partial charge in [0.15, 0.2) is 0 Å². The van der Waals surface area contributed by atoms with Crippen LogP contribution in [0.3, 0.4) is 0 Å². The van der Waals surface area contributed by atoms with Gasteiger partial charge in [0.1, 0.15) is 7.85 Å². The fourth-order valence-corrected chi connectivity index (χ4v) is 2.34. The van der Waals surface area contributed by atoms with E-state index in [-0.39, 0.29) is 0 Å². The van der Waals surface area contributed by atoms with Crippen LogP contribution in [0.25, 0.3) is 0 Å². The molecule has 0 aliphatic carbocycles. The number of rotatable bonds is 2. The van der Waals surface area contributed by atoms with Crippen LogP contribution < -0.4 is 5.46 Å². The van der Waals surface area contributed by atoms with Gasteiger partial charge < -0.3 is 0 Å². The lowest BCUT2D eigenvalue weighted by molar-refractivity contribution is 0.229. The molecule has 1 aromatic carbocycles. The Bertz CT molecular complexity index is 349. The van der Waals surface area contributed by atoms with Gasteiger partial charge in [-0.1, -0.05) is 71.3 Å². The lowest BCUT2D eigenvalue weighted by atomic mass is 9.69. The van der Waals surface area contributed by atoms with Crippen molar-refractivity contribution in [1.82, 2.24) is 0 Å². The van der Waals surface area contributed by atoms with Crippen molar-refractivity contribution in [3.63, 3.8) is 0 Å². The largest absolute Gasteiger partial charge is 0.139 e. The standard InChI is InChI=1S/C16H27B/c1-15(2,3)11-14(16(4,5)6)12-7-9-13(17)10-8-12/h7-10,14H,11,17H2,1-6H3. The topological polar surface area (TPSA) is 0 Å². The highest BCUT2D eigenvalue weighted by atomic mass is 14.3. The first kappa shape index (κ1) is 14.3. The summed E-state index contributed by atoms with van der Waals surface area (Å²) in [5.74, 6) is 0.628. The van der Waals surface area contributed by atoms with Crippen LogP contribution in [0.4, 0.5) is 0 Å². The van der Waals surface area contributed by atoms with Crippen LogP contribution in [-0.2, 0) is 0 Å². The van der Waals surface area contributed by atoms with Crippen LogP contribution in [0, 0.1) is 10.8 Å². The van der Waals surface area contributed by atoms with Crippen LogP contribution in [0.15, 0.2) is 24.3 Å². The molecule has 0 radical (unpaired) electrons. The molecular formula is C16H27B. The van der Waals surface area contributed by atoms with Gasteiger partial charge in [0.05, 0.1) is 0 Å². The molecule has 0 aromatic heterocycles.